The topological polar surface area (TPSA) is 67.2 Å². The van der Waals surface area contributed by atoms with Crippen LogP contribution in [0.1, 0.15) is 30.5 Å². The Morgan fingerprint density at radius 2 is 2.10 bits per heavy atom. The normalized spacial score (nSPS) is 21.0. The van der Waals surface area contributed by atoms with Gasteiger partial charge in [0.2, 0.25) is 11.9 Å². The maximum atomic E-state index is 13.1. The summed E-state index contributed by atoms with van der Waals surface area (Å²) >= 11 is 0. The summed E-state index contributed by atoms with van der Waals surface area (Å²) in [5.74, 6) is 0.879. The minimum atomic E-state index is -0.0359. The van der Waals surface area contributed by atoms with E-state index in [1.807, 2.05) is 60.6 Å². The monoisotopic (exact) mass is 390 g/mol. The van der Waals surface area contributed by atoms with Crippen molar-refractivity contribution in [2.75, 3.05) is 32.1 Å². The molecule has 0 N–H and O–H groups in total. The predicted molar refractivity (Wildman–Crippen MR) is 112 cm³/mol. The Morgan fingerprint density at radius 3 is 2.93 bits per heavy atom. The molecule has 2 aromatic heterocycles. The third-order valence-electron chi connectivity index (χ3n) is 6.31. The van der Waals surface area contributed by atoms with Crippen molar-refractivity contribution in [1.82, 2.24) is 24.6 Å². The number of likely N-dealkylation sites (tertiary alicyclic amines) is 1. The average molecular weight is 390 g/mol. The van der Waals surface area contributed by atoms with Crippen LogP contribution in [0.3, 0.4) is 0 Å². The summed E-state index contributed by atoms with van der Waals surface area (Å²) in [6.45, 7) is 1.83. The lowest BCUT2D eigenvalue weighted by Crippen LogP contribution is -2.49. The molecule has 3 heterocycles. The zero-order chi connectivity index (χ0) is 20.0. The maximum Gasteiger partial charge on any atom is 0.244 e. The average Bonchev–Trinajstić information content (AvgIpc) is 3.29. The van der Waals surface area contributed by atoms with E-state index >= 15 is 0 Å². The molecule has 150 valence electrons. The number of piperidine rings is 1. The van der Waals surface area contributed by atoms with E-state index in [2.05, 4.69) is 10.1 Å². The number of benzene rings is 1. The molecule has 0 radical (unpaired) electrons. The first-order valence-corrected chi connectivity index (χ1v) is 10.3. The van der Waals surface area contributed by atoms with Gasteiger partial charge in [-0.1, -0.05) is 18.2 Å². The Kier molecular flexibility index (Phi) is 4.26. The second kappa shape index (κ2) is 6.83. The number of hydrogen-bond donors (Lipinski definition) is 0. The van der Waals surface area contributed by atoms with Gasteiger partial charge in [0.1, 0.15) is 6.54 Å². The molecule has 1 unspecified atom stereocenters. The van der Waals surface area contributed by atoms with E-state index < -0.39 is 0 Å². The van der Waals surface area contributed by atoms with Crippen molar-refractivity contribution in [2.45, 2.75) is 37.6 Å². The summed E-state index contributed by atoms with van der Waals surface area (Å²) in [5.41, 5.74) is 3.28. The molecule has 7 nitrogen and oxygen atoms in total. The molecule has 1 atom stereocenters. The van der Waals surface area contributed by atoms with E-state index in [-0.39, 0.29) is 17.9 Å². The molecule has 7 heteroatoms. The fourth-order valence-electron chi connectivity index (χ4n) is 4.82. The van der Waals surface area contributed by atoms with Crippen molar-refractivity contribution in [3.8, 4) is 0 Å². The van der Waals surface area contributed by atoms with Crippen LogP contribution in [-0.4, -0.2) is 57.7 Å². The molecule has 29 heavy (non-hydrogen) atoms. The molecule has 1 amide bonds. The third-order valence-corrected chi connectivity index (χ3v) is 6.31. The summed E-state index contributed by atoms with van der Waals surface area (Å²) in [6.07, 6.45) is 8.06. The van der Waals surface area contributed by atoms with Crippen LogP contribution in [-0.2, 0) is 23.2 Å². The highest BCUT2D eigenvalue weighted by molar-refractivity contribution is 5.80. The molecule has 1 spiro atoms. The number of fused-ring (bicyclic) bond motifs is 3. The molecule has 1 saturated heterocycles. The minimum absolute atomic E-state index is 0.0359. The van der Waals surface area contributed by atoms with Crippen molar-refractivity contribution < 1.29 is 4.79 Å². The minimum Gasteiger partial charge on any atom is -0.347 e. The lowest BCUT2D eigenvalue weighted by atomic mass is 9.77. The van der Waals surface area contributed by atoms with Gasteiger partial charge < -0.3 is 9.80 Å². The summed E-state index contributed by atoms with van der Waals surface area (Å²) < 4.78 is 1.77. The fourth-order valence-corrected chi connectivity index (χ4v) is 4.82. The summed E-state index contributed by atoms with van der Waals surface area (Å²) in [4.78, 5) is 26.4. The Balaban J connectivity index is 1.37. The largest absolute Gasteiger partial charge is 0.347 e. The van der Waals surface area contributed by atoms with Gasteiger partial charge in [0.05, 0.1) is 11.2 Å². The van der Waals surface area contributed by atoms with Crippen molar-refractivity contribution in [2.24, 2.45) is 0 Å². The first-order valence-electron chi connectivity index (χ1n) is 10.3. The summed E-state index contributed by atoms with van der Waals surface area (Å²) in [5, 5.41) is 5.61. The zero-order valence-corrected chi connectivity index (χ0v) is 17.0. The molecule has 5 rings (SSSR count). The van der Waals surface area contributed by atoms with E-state index in [0.29, 0.717) is 0 Å². The van der Waals surface area contributed by atoms with Crippen LogP contribution in [0.15, 0.2) is 36.7 Å². The lowest BCUT2D eigenvalue weighted by molar-refractivity contribution is -0.134. The zero-order valence-electron chi connectivity index (χ0n) is 17.0. The van der Waals surface area contributed by atoms with Crippen molar-refractivity contribution >= 4 is 22.8 Å². The van der Waals surface area contributed by atoms with E-state index in [1.165, 1.54) is 5.56 Å². The van der Waals surface area contributed by atoms with Gasteiger partial charge in [0.15, 0.2) is 0 Å². The van der Waals surface area contributed by atoms with E-state index in [1.54, 1.807) is 4.68 Å². The number of nitrogens with zero attached hydrogens (tertiary/aromatic N) is 6. The third kappa shape index (κ3) is 3.14. The van der Waals surface area contributed by atoms with Gasteiger partial charge in [0.25, 0.3) is 0 Å². The Labute approximate surface area is 170 Å². The first kappa shape index (κ1) is 18.1. The quantitative estimate of drug-likeness (QED) is 0.687. The number of carbonyl (C=O) groups is 1. The number of aryl methyl sites for hydroxylation is 1. The molecular formula is C22H26N6O. The molecule has 0 saturated carbocycles. The summed E-state index contributed by atoms with van der Waals surface area (Å²) in [7, 11) is 3.93. The Hall–Kier alpha value is -2.96. The van der Waals surface area contributed by atoms with Crippen LogP contribution in [0.5, 0.6) is 0 Å². The van der Waals surface area contributed by atoms with Gasteiger partial charge in [-0.2, -0.15) is 5.10 Å². The number of amides is 1. The molecule has 1 aliphatic heterocycles. The van der Waals surface area contributed by atoms with E-state index in [4.69, 9.17) is 4.98 Å². The number of hydrogen-bond acceptors (Lipinski definition) is 5. The number of aromatic nitrogens is 4. The fraction of sp³-hybridized carbons (Fsp3) is 0.455. The second-order valence-corrected chi connectivity index (χ2v) is 8.52. The van der Waals surface area contributed by atoms with Crippen molar-refractivity contribution in [1.29, 1.82) is 0 Å². The molecule has 1 aromatic carbocycles. The highest BCUT2D eigenvalue weighted by Gasteiger charge is 2.44. The Bertz CT molecular complexity index is 1040. The van der Waals surface area contributed by atoms with Crippen LogP contribution >= 0.6 is 0 Å². The van der Waals surface area contributed by atoms with Crippen LogP contribution in [0.25, 0.3) is 10.9 Å². The Morgan fingerprint density at radius 1 is 1.24 bits per heavy atom. The molecule has 3 aromatic rings. The summed E-state index contributed by atoms with van der Waals surface area (Å²) in [6, 6.07) is 7.96. The van der Waals surface area contributed by atoms with Gasteiger partial charge in [-0.25, -0.2) is 9.97 Å². The number of rotatable bonds is 3. The van der Waals surface area contributed by atoms with Gasteiger partial charge in [0, 0.05) is 50.4 Å². The first-order chi connectivity index (χ1) is 14.0. The van der Waals surface area contributed by atoms with Crippen LogP contribution in [0.4, 0.5) is 5.95 Å². The number of anilines is 1. The molecule has 2 aliphatic rings. The van der Waals surface area contributed by atoms with E-state index in [9.17, 15) is 4.79 Å². The smallest absolute Gasteiger partial charge is 0.244 e. The van der Waals surface area contributed by atoms with E-state index in [0.717, 1.165) is 61.3 Å². The SMILES string of the molecule is CN(C)c1ncc2c(n1)C1(CCCN(C(=O)Cn3cc4ccccc4n3)C1)CC2. The highest BCUT2D eigenvalue weighted by Crippen LogP contribution is 2.44. The second-order valence-electron chi connectivity index (χ2n) is 8.52. The standard InChI is InChI=1S/C22H26N6O/c1-26(2)21-23-12-16-8-10-22(20(16)24-21)9-5-11-27(15-22)19(29)14-28-13-17-6-3-4-7-18(17)25-28/h3-4,6-7,12-13H,5,8-11,14-15H2,1-2H3. The van der Waals surface area contributed by atoms with Gasteiger partial charge in [-0.15, -0.1) is 0 Å². The molecule has 0 bridgehead atoms. The lowest BCUT2D eigenvalue weighted by Gasteiger charge is -2.40. The maximum absolute atomic E-state index is 13.1. The molecular weight excluding hydrogens is 364 g/mol. The van der Waals surface area contributed by atoms with Gasteiger partial charge >= 0.3 is 0 Å². The van der Waals surface area contributed by atoms with Gasteiger partial charge in [-0.05, 0) is 37.3 Å². The van der Waals surface area contributed by atoms with Crippen LogP contribution in [0, 0.1) is 0 Å². The number of carbonyl (C=O) groups excluding carboxylic acids is 1. The van der Waals surface area contributed by atoms with Crippen molar-refractivity contribution in [3.05, 3.63) is 47.9 Å². The van der Waals surface area contributed by atoms with Crippen LogP contribution in [0.2, 0.25) is 0 Å². The highest BCUT2D eigenvalue weighted by atomic mass is 16.2. The van der Waals surface area contributed by atoms with Crippen molar-refractivity contribution in [3.63, 3.8) is 0 Å². The van der Waals surface area contributed by atoms with Gasteiger partial charge in [-0.3, -0.25) is 9.48 Å². The van der Waals surface area contributed by atoms with Crippen LogP contribution < -0.4 is 4.90 Å². The molecule has 1 fully saturated rings. The predicted octanol–water partition coefficient (Wildman–Crippen LogP) is 2.40. The molecule has 1 aliphatic carbocycles.